The second kappa shape index (κ2) is 4.37. The molecule has 1 saturated carbocycles. The Balaban J connectivity index is 2.50. The molecule has 13 heavy (non-hydrogen) atoms. The van der Waals surface area contributed by atoms with Crippen LogP contribution in [-0.4, -0.2) is 59.7 Å². The molecule has 0 radical (unpaired) electrons. The fourth-order valence-electron chi connectivity index (χ4n) is 2.06. The highest BCUT2D eigenvalue weighted by molar-refractivity contribution is 4.91. The summed E-state index contributed by atoms with van der Waals surface area (Å²) >= 11 is 0. The molecule has 0 saturated heterocycles. The lowest BCUT2D eigenvalue weighted by atomic mass is 10.0. The Labute approximate surface area is 78.8 Å². The van der Waals surface area contributed by atoms with Gasteiger partial charge in [-0.2, -0.15) is 0 Å². The van der Waals surface area contributed by atoms with Crippen molar-refractivity contribution >= 4 is 0 Å². The molecule has 0 unspecified atom stereocenters. The van der Waals surface area contributed by atoms with Crippen molar-refractivity contribution in [3.63, 3.8) is 0 Å². The van der Waals surface area contributed by atoms with Crippen molar-refractivity contribution in [3.8, 4) is 0 Å². The molecule has 3 N–H and O–H groups in total. The molecule has 0 aliphatic heterocycles. The Bertz CT molecular complexity index is 163. The lowest BCUT2D eigenvalue weighted by molar-refractivity contribution is -0.00866. The zero-order valence-corrected chi connectivity index (χ0v) is 8.22. The van der Waals surface area contributed by atoms with E-state index in [4.69, 9.17) is 5.11 Å². The largest absolute Gasteiger partial charge is 0.396 e. The molecule has 1 fully saturated rings. The zero-order chi connectivity index (χ0) is 10.0. The molecular weight excluding hydrogens is 170 g/mol. The molecule has 0 amide bonds. The fraction of sp³-hybridized carbons (Fsp3) is 1.00. The van der Waals surface area contributed by atoms with E-state index in [-0.39, 0.29) is 18.4 Å². The summed E-state index contributed by atoms with van der Waals surface area (Å²) in [5.41, 5.74) is 0. The molecule has 4 atom stereocenters. The summed E-state index contributed by atoms with van der Waals surface area (Å²) in [5, 5.41) is 28.1. The topological polar surface area (TPSA) is 63.9 Å². The Hall–Kier alpha value is -0.160. The van der Waals surface area contributed by atoms with Gasteiger partial charge in [-0.15, -0.1) is 0 Å². The summed E-state index contributed by atoms with van der Waals surface area (Å²) in [6.07, 6.45) is -0.730. The summed E-state index contributed by atoms with van der Waals surface area (Å²) in [4.78, 5) is 1.99. The molecular formula is C9H19NO3. The van der Waals surface area contributed by atoms with E-state index in [1.807, 2.05) is 19.0 Å². The summed E-state index contributed by atoms with van der Waals surface area (Å²) in [7, 11) is 3.87. The van der Waals surface area contributed by atoms with Crippen LogP contribution in [0.15, 0.2) is 0 Å². The van der Waals surface area contributed by atoms with Gasteiger partial charge in [-0.1, -0.05) is 0 Å². The number of rotatable bonds is 3. The number of aliphatic hydroxyl groups excluding tert-OH is 3. The van der Waals surface area contributed by atoms with E-state index in [0.717, 1.165) is 6.54 Å². The highest BCUT2D eigenvalue weighted by Gasteiger charge is 2.40. The van der Waals surface area contributed by atoms with Crippen LogP contribution < -0.4 is 0 Å². The van der Waals surface area contributed by atoms with Crippen LogP contribution in [0.5, 0.6) is 0 Å². The van der Waals surface area contributed by atoms with Gasteiger partial charge in [0.15, 0.2) is 0 Å². The third kappa shape index (κ3) is 2.40. The van der Waals surface area contributed by atoms with Crippen molar-refractivity contribution < 1.29 is 15.3 Å². The first-order valence-corrected chi connectivity index (χ1v) is 4.68. The fourth-order valence-corrected chi connectivity index (χ4v) is 2.06. The second-order valence-electron chi connectivity index (χ2n) is 4.18. The molecule has 0 bridgehead atoms. The minimum Gasteiger partial charge on any atom is -0.396 e. The SMILES string of the molecule is CN(C)C[C@H]1C[C@H](CO)[C@@H](O)[C@@H]1O. The highest BCUT2D eigenvalue weighted by Crippen LogP contribution is 2.31. The van der Waals surface area contributed by atoms with Crippen LogP contribution in [0.1, 0.15) is 6.42 Å². The maximum atomic E-state index is 9.62. The Morgan fingerprint density at radius 1 is 1.15 bits per heavy atom. The van der Waals surface area contributed by atoms with Gasteiger partial charge in [0.2, 0.25) is 0 Å². The van der Waals surface area contributed by atoms with Crippen LogP contribution >= 0.6 is 0 Å². The normalized spacial score (nSPS) is 40.2. The van der Waals surface area contributed by atoms with E-state index in [9.17, 15) is 10.2 Å². The average molecular weight is 189 g/mol. The summed E-state index contributed by atoms with van der Waals surface area (Å²) < 4.78 is 0. The van der Waals surface area contributed by atoms with Gasteiger partial charge in [0.1, 0.15) is 0 Å². The second-order valence-corrected chi connectivity index (χ2v) is 4.18. The first kappa shape index (κ1) is 10.9. The van der Waals surface area contributed by atoms with Crippen molar-refractivity contribution in [1.82, 2.24) is 4.90 Å². The number of hydrogen-bond acceptors (Lipinski definition) is 4. The number of nitrogens with zero attached hydrogens (tertiary/aromatic N) is 1. The third-order valence-electron chi connectivity index (χ3n) is 2.76. The van der Waals surface area contributed by atoms with Gasteiger partial charge in [0.05, 0.1) is 12.2 Å². The molecule has 0 spiro atoms. The van der Waals surface area contributed by atoms with Crippen LogP contribution in [0, 0.1) is 11.8 Å². The molecule has 0 aromatic heterocycles. The third-order valence-corrected chi connectivity index (χ3v) is 2.76. The Morgan fingerprint density at radius 2 is 1.69 bits per heavy atom. The van der Waals surface area contributed by atoms with Crippen molar-refractivity contribution in [3.05, 3.63) is 0 Å². The molecule has 1 rings (SSSR count). The van der Waals surface area contributed by atoms with Crippen LogP contribution in [-0.2, 0) is 0 Å². The molecule has 0 aromatic rings. The van der Waals surface area contributed by atoms with E-state index >= 15 is 0 Å². The Kier molecular flexibility index (Phi) is 3.67. The van der Waals surface area contributed by atoms with Crippen LogP contribution in [0.4, 0.5) is 0 Å². The minimum atomic E-state index is -0.755. The van der Waals surface area contributed by atoms with Gasteiger partial charge in [-0.3, -0.25) is 0 Å². The molecule has 0 aromatic carbocycles. The molecule has 1 aliphatic carbocycles. The number of hydrogen-bond donors (Lipinski definition) is 3. The van der Waals surface area contributed by atoms with Gasteiger partial charge < -0.3 is 20.2 Å². The van der Waals surface area contributed by atoms with Gasteiger partial charge in [-0.05, 0) is 20.5 Å². The maximum absolute atomic E-state index is 9.62. The van der Waals surface area contributed by atoms with Gasteiger partial charge >= 0.3 is 0 Å². The first-order valence-electron chi connectivity index (χ1n) is 4.68. The molecule has 4 heteroatoms. The predicted molar refractivity (Wildman–Crippen MR) is 49.3 cm³/mol. The summed E-state index contributed by atoms with van der Waals surface area (Å²) in [6, 6.07) is 0. The minimum absolute atomic E-state index is 0.0395. The first-order chi connectivity index (χ1) is 6.06. The van der Waals surface area contributed by atoms with E-state index in [1.165, 1.54) is 0 Å². The van der Waals surface area contributed by atoms with Crippen molar-refractivity contribution in [2.24, 2.45) is 11.8 Å². The predicted octanol–water partition coefficient (Wildman–Crippen LogP) is -1.10. The van der Waals surface area contributed by atoms with E-state index in [1.54, 1.807) is 0 Å². The van der Waals surface area contributed by atoms with Crippen LogP contribution in [0.3, 0.4) is 0 Å². The Morgan fingerprint density at radius 3 is 2.08 bits per heavy atom. The average Bonchev–Trinajstić information content (AvgIpc) is 2.32. The van der Waals surface area contributed by atoms with Gasteiger partial charge in [0, 0.05) is 25.0 Å². The lowest BCUT2D eigenvalue weighted by Gasteiger charge is -2.19. The van der Waals surface area contributed by atoms with Crippen molar-refractivity contribution in [2.45, 2.75) is 18.6 Å². The smallest absolute Gasteiger partial charge is 0.0852 e. The highest BCUT2D eigenvalue weighted by atomic mass is 16.3. The van der Waals surface area contributed by atoms with E-state index in [0.29, 0.717) is 6.42 Å². The standard InChI is InChI=1S/C9H19NO3/c1-10(2)4-6-3-7(5-11)9(13)8(6)12/h6-9,11-13H,3-5H2,1-2H3/t6-,7-,8-,9-/m1/s1. The maximum Gasteiger partial charge on any atom is 0.0852 e. The summed E-state index contributed by atoms with van der Waals surface area (Å²) in [5.74, 6) is -0.0675. The molecule has 4 nitrogen and oxygen atoms in total. The zero-order valence-electron chi connectivity index (χ0n) is 8.22. The van der Waals surface area contributed by atoms with Gasteiger partial charge in [0.25, 0.3) is 0 Å². The van der Waals surface area contributed by atoms with Gasteiger partial charge in [-0.25, -0.2) is 0 Å². The lowest BCUT2D eigenvalue weighted by Crippen LogP contribution is -2.33. The molecule has 78 valence electrons. The number of aliphatic hydroxyl groups is 3. The van der Waals surface area contributed by atoms with Crippen molar-refractivity contribution in [1.29, 1.82) is 0 Å². The van der Waals surface area contributed by atoms with Crippen molar-refractivity contribution in [2.75, 3.05) is 27.2 Å². The monoisotopic (exact) mass is 189 g/mol. The molecule has 0 heterocycles. The van der Waals surface area contributed by atoms with E-state index < -0.39 is 12.2 Å². The van der Waals surface area contributed by atoms with E-state index in [2.05, 4.69) is 0 Å². The quantitative estimate of drug-likeness (QED) is 0.527. The van der Waals surface area contributed by atoms with Crippen LogP contribution in [0.25, 0.3) is 0 Å². The summed E-state index contributed by atoms with van der Waals surface area (Å²) in [6.45, 7) is 0.719. The van der Waals surface area contributed by atoms with Crippen LogP contribution in [0.2, 0.25) is 0 Å². The molecule has 1 aliphatic rings.